The summed E-state index contributed by atoms with van der Waals surface area (Å²) in [5.74, 6) is -0.860. The number of carbonyl (C=O) groups excluding carboxylic acids is 2. The maximum absolute atomic E-state index is 12.9. The molecular weight excluding hydrogens is 430 g/mol. The van der Waals surface area contributed by atoms with Gasteiger partial charge in [-0.3, -0.25) is 9.78 Å². The van der Waals surface area contributed by atoms with Gasteiger partial charge in [0.05, 0.1) is 28.3 Å². The van der Waals surface area contributed by atoms with Crippen LogP contribution >= 0.6 is 0 Å². The van der Waals surface area contributed by atoms with Crippen molar-refractivity contribution in [3.05, 3.63) is 65.4 Å². The Kier molecular flexibility index (Phi) is 5.94. The van der Waals surface area contributed by atoms with Crippen molar-refractivity contribution in [2.24, 2.45) is 0 Å². The van der Waals surface area contributed by atoms with E-state index in [2.05, 4.69) is 15.0 Å². The summed E-state index contributed by atoms with van der Waals surface area (Å²) >= 11 is 0. The molecule has 1 aliphatic rings. The molecule has 3 aromatic rings. The van der Waals surface area contributed by atoms with Crippen LogP contribution in [0.5, 0.6) is 0 Å². The number of pyridine rings is 1. The molecule has 1 aromatic heterocycles. The highest BCUT2D eigenvalue weighted by atomic mass is 32.2. The van der Waals surface area contributed by atoms with Crippen molar-refractivity contribution in [1.82, 2.24) is 9.71 Å². The zero-order valence-electron chi connectivity index (χ0n) is 17.7. The molecule has 0 aliphatic heterocycles. The second kappa shape index (κ2) is 8.68. The van der Waals surface area contributed by atoms with E-state index in [4.69, 9.17) is 4.74 Å². The van der Waals surface area contributed by atoms with E-state index in [0.717, 1.165) is 12.8 Å². The zero-order chi connectivity index (χ0) is 22.9. The maximum atomic E-state index is 12.9. The standard InChI is InChI=1S/C23H23N3O5S/c1-3-31-23(28)16-6-11-20-19(13-16)21(12-14(2)24-20)25-22(27)15-4-9-18(10-5-15)32(29,30)26-17-7-8-17/h4-6,9-13,17,26H,3,7-8H2,1-2H3,(H,24,25,27). The lowest BCUT2D eigenvalue weighted by molar-refractivity contribution is 0.0526. The maximum Gasteiger partial charge on any atom is 0.338 e. The van der Waals surface area contributed by atoms with Crippen LogP contribution in [-0.4, -0.2) is 37.9 Å². The molecule has 0 spiro atoms. The predicted molar refractivity (Wildman–Crippen MR) is 120 cm³/mol. The molecule has 0 bridgehead atoms. The average molecular weight is 454 g/mol. The van der Waals surface area contributed by atoms with Crippen LogP contribution in [0.1, 0.15) is 46.2 Å². The van der Waals surface area contributed by atoms with Gasteiger partial charge < -0.3 is 10.1 Å². The topological polar surface area (TPSA) is 114 Å². The number of ether oxygens (including phenoxy) is 1. The smallest absolute Gasteiger partial charge is 0.338 e. The first-order chi connectivity index (χ1) is 15.3. The highest BCUT2D eigenvalue weighted by molar-refractivity contribution is 7.89. The molecule has 2 N–H and O–H groups in total. The van der Waals surface area contributed by atoms with Crippen LogP contribution in [0.2, 0.25) is 0 Å². The van der Waals surface area contributed by atoms with E-state index in [0.29, 0.717) is 33.4 Å². The number of nitrogens with one attached hydrogen (secondary N) is 2. The lowest BCUT2D eigenvalue weighted by Gasteiger charge is -2.12. The molecule has 0 atom stereocenters. The van der Waals surface area contributed by atoms with Gasteiger partial charge in [0.25, 0.3) is 5.91 Å². The average Bonchev–Trinajstić information content (AvgIpc) is 3.57. The number of aromatic nitrogens is 1. The molecule has 2 aromatic carbocycles. The molecule has 1 fully saturated rings. The number of amides is 1. The van der Waals surface area contributed by atoms with Gasteiger partial charge in [-0.1, -0.05) is 0 Å². The van der Waals surface area contributed by atoms with Crippen LogP contribution in [0.15, 0.2) is 53.4 Å². The predicted octanol–water partition coefficient (Wildman–Crippen LogP) is 3.41. The zero-order valence-corrected chi connectivity index (χ0v) is 18.5. The van der Waals surface area contributed by atoms with Gasteiger partial charge in [0.2, 0.25) is 10.0 Å². The summed E-state index contributed by atoms with van der Waals surface area (Å²) in [6.07, 6.45) is 1.69. The van der Waals surface area contributed by atoms with Gasteiger partial charge >= 0.3 is 5.97 Å². The van der Waals surface area contributed by atoms with Crippen molar-refractivity contribution in [3.63, 3.8) is 0 Å². The minimum absolute atomic E-state index is 0.00526. The summed E-state index contributed by atoms with van der Waals surface area (Å²) in [4.78, 5) is 29.5. The number of sulfonamides is 1. The Morgan fingerprint density at radius 2 is 1.75 bits per heavy atom. The Morgan fingerprint density at radius 1 is 1.06 bits per heavy atom. The van der Waals surface area contributed by atoms with E-state index in [-0.39, 0.29) is 17.5 Å². The van der Waals surface area contributed by atoms with Crippen molar-refractivity contribution in [3.8, 4) is 0 Å². The van der Waals surface area contributed by atoms with Gasteiger partial charge in [0.1, 0.15) is 0 Å². The van der Waals surface area contributed by atoms with Gasteiger partial charge in [0.15, 0.2) is 0 Å². The van der Waals surface area contributed by atoms with E-state index in [1.165, 1.54) is 24.3 Å². The molecule has 1 heterocycles. The van der Waals surface area contributed by atoms with Crippen LogP contribution in [0.3, 0.4) is 0 Å². The quantitative estimate of drug-likeness (QED) is 0.530. The summed E-state index contributed by atoms with van der Waals surface area (Å²) in [5.41, 5.74) is 2.48. The van der Waals surface area contributed by atoms with E-state index in [9.17, 15) is 18.0 Å². The molecule has 0 unspecified atom stereocenters. The number of aryl methyl sites for hydroxylation is 1. The van der Waals surface area contributed by atoms with Crippen molar-refractivity contribution in [2.45, 2.75) is 37.6 Å². The second-order valence-electron chi connectivity index (χ2n) is 7.64. The summed E-state index contributed by atoms with van der Waals surface area (Å²) in [6.45, 7) is 3.80. The van der Waals surface area contributed by atoms with Gasteiger partial charge in [-0.05, 0) is 75.2 Å². The fourth-order valence-corrected chi connectivity index (χ4v) is 4.58. The minimum atomic E-state index is -3.58. The molecule has 0 radical (unpaired) electrons. The van der Waals surface area contributed by atoms with Crippen molar-refractivity contribution >= 4 is 38.5 Å². The Labute approximate surface area is 186 Å². The number of nitrogens with zero attached hydrogens (tertiary/aromatic N) is 1. The summed E-state index contributed by atoms with van der Waals surface area (Å²) < 4.78 is 32.3. The molecule has 9 heteroatoms. The fourth-order valence-electron chi connectivity index (χ4n) is 3.27. The van der Waals surface area contributed by atoms with Crippen LogP contribution in [0, 0.1) is 6.92 Å². The van der Waals surface area contributed by atoms with Gasteiger partial charge in [0, 0.05) is 22.7 Å². The largest absolute Gasteiger partial charge is 0.462 e. The normalized spacial score (nSPS) is 13.7. The number of esters is 1. The Hall–Kier alpha value is -3.30. The molecule has 32 heavy (non-hydrogen) atoms. The molecule has 8 nitrogen and oxygen atoms in total. The first-order valence-corrected chi connectivity index (χ1v) is 11.8. The van der Waals surface area contributed by atoms with Crippen molar-refractivity contribution in [1.29, 1.82) is 0 Å². The molecular formula is C23H23N3O5S. The fraction of sp³-hybridized carbons (Fsp3) is 0.261. The van der Waals surface area contributed by atoms with E-state index < -0.39 is 21.9 Å². The third kappa shape index (κ3) is 4.79. The van der Waals surface area contributed by atoms with E-state index in [1.54, 1.807) is 38.1 Å². The molecule has 4 rings (SSSR count). The van der Waals surface area contributed by atoms with Gasteiger partial charge in [-0.15, -0.1) is 0 Å². The van der Waals surface area contributed by atoms with Crippen LogP contribution in [0.4, 0.5) is 5.69 Å². The van der Waals surface area contributed by atoms with Crippen LogP contribution < -0.4 is 10.0 Å². The molecule has 166 valence electrons. The lowest BCUT2D eigenvalue weighted by Crippen LogP contribution is -2.25. The highest BCUT2D eigenvalue weighted by Gasteiger charge is 2.28. The van der Waals surface area contributed by atoms with Crippen molar-refractivity contribution in [2.75, 3.05) is 11.9 Å². The monoisotopic (exact) mass is 453 g/mol. The number of carbonyl (C=O) groups is 2. The highest BCUT2D eigenvalue weighted by Crippen LogP contribution is 2.26. The van der Waals surface area contributed by atoms with Crippen molar-refractivity contribution < 1.29 is 22.7 Å². The summed E-state index contributed by atoms with van der Waals surface area (Å²) in [5, 5.41) is 3.44. The number of hydrogen-bond donors (Lipinski definition) is 2. The van der Waals surface area contributed by atoms with E-state index >= 15 is 0 Å². The number of benzene rings is 2. The second-order valence-corrected chi connectivity index (χ2v) is 9.35. The van der Waals surface area contributed by atoms with Crippen LogP contribution in [0.25, 0.3) is 10.9 Å². The molecule has 1 amide bonds. The first kappa shape index (κ1) is 21.9. The molecule has 0 saturated heterocycles. The minimum Gasteiger partial charge on any atom is -0.462 e. The number of rotatable bonds is 7. The third-order valence-corrected chi connectivity index (χ3v) is 6.56. The summed E-state index contributed by atoms with van der Waals surface area (Å²) in [7, 11) is -3.58. The Bertz CT molecular complexity index is 1300. The number of fused-ring (bicyclic) bond motifs is 1. The molecule has 1 saturated carbocycles. The first-order valence-electron chi connectivity index (χ1n) is 10.3. The lowest BCUT2D eigenvalue weighted by atomic mass is 10.1. The van der Waals surface area contributed by atoms with Crippen LogP contribution in [-0.2, 0) is 14.8 Å². The third-order valence-electron chi connectivity index (χ3n) is 5.02. The summed E-state index contributed by atoms with van der Waals surface area (Å²) in [6, 6.07) is 12.5. The molecule has 1 aliphatic carbocycles. The Morgan fingerprint density at radius 3 is 2.41 bits per heavy atom. The van der Waals surface area contributed by atoms with Gasteiger partial charge in [-0.2, -0.15) is 0 Å². The van der Waals surface area contributed by atoms with Gasteiger partial charge in [-0.25, -0.2) is 17.9 Å². The van der Waals surface area contributed by atoms with E-state index in [1.807, 2.05) is 0 Å². The number of hydrogen-bond acceptors (Lipinski definition) is 6. The SMILES string of the molecule is CCOC(=O)c1ccc2nc(C)cc(NC(=O)c3ccc(S(=O)(=O)NC4CC4)cc3)c2c1. The Balaban J connectivity index is 1.60. The number of anilines is 1.